The number of aryl methyl sites for hydroxylation is 1. The summed E-state index contributed by atoms with van der Waals surface area (Å²) < 4.78 is 38.4. The first-order valence-corrected chi connectivity index (χ1v) is 7.45. The molecule has 0 aliphatic heterocycles. The summed E-state index contributed by atoms with van der Waals surface area (Å²) in [5.41, 5.74) is 0.571. The van der Waals surface area contributed by atoms with Crippen LogP contribution in [0.2, 0.25) is 0 Å². The molecular formula is C14H11F3N4OS. The Morgan fingerprint density at radius 3 is 2.91 bits per heavy atom. The van der Waals surface area contributed by atoms with E-state index < -0.39 is 12.7 Å². The molecule has 3 heterocycles. The van der Waals surface area contributed by atoms with E-state index in [1.807, 2.05) is 12.3 Å². The van der Waals surface area contributed by atoms with Crippen LogP contribution in [0.1, 0.15) is 17.2 Å². The van der Waals surface area contributed by atoms with Crippen LogP contribution in [0.15, 0.2) is 22.6 Å². The third-order valence-electron chi connectivity index (χ3n) is 3.13. The van der Waals surface area contributed by atoms with Crippen LogP contribution in [0.25, 0.3) is 22.4 Å². The average Bonchev–Trinajstić information content (AvgIpc) is 3.02. The monoisotopic (exact) mass is 340 g/mol. The van der Waals surface area contributed by atoms with Gasteiger partial charge in [-0.25, -0.2) is 9.97 Å². The largest absolute Gasteiger partial charge is 0.406 e. The van der Waals surface area contributed by atoms with Crippen LogP contribution in [-0.2, 0) is 6.54 Å². The van der Waals surface area contributed by atoms with Crippen molar-refractivity contribution in [3.05, 3.63) is 45.3 Å². The summed E-state index contributed by atoms with van der Waals surface area (Å²) in [5.74, 6) is 0.401. The van der Waals surface area contributed by atoms with Crippen LogP contribution < -0.4 is 5.56 Å². The van der Waals surface area contributed by atoms with Crippen LogP contribution in [0.4, 0.5) is 13.2 Å². The maximum absolute atomic E-state index is 12.5. The lowest BCUT2D eigenvalue weighted by atomic mass is 10.3. The number of aromatic nitrogens is 4. The number of alkyl halides is 3. The van der Waals surface area contributed by atoms with Crippen molar-refractivity contribution in [2.24, 2.45) is 0 Å². The Balaban J connectivity index is 1.92. The molecule has 3 aromatic heterocycles. The molecule has 0 fully saturated rings. The Bertz CT molecular complexity index is 936. The lowest BCUT2D eigenvalue weighted by molar-refractivity contribution is -0.140. The van der Waals surface area contributed by atoms with Crippen LogP contribution in [0.3, 0.4) is 0 Å². The van der Waals surface area contributed by atoms with Crippen LogP contribution in [-0.4, -0.2) is 25.7 Å². The zero-order chi connectivity index (χ0) is 16.6. The number of hydrogen-bond acceptors (Lipinski definition) is 4. The van der Waals surface area contributed by atoms with E-state index in [1.165, 1.54) is 35.9 Å². The standard InChI is InChI=1S/C14H11F3N4OS/c1-8-6-23-13-11(8)12(22)19-9(20-13)2-3-10-18-4-5-21(10)7-14(15,16)17/h2-6H,7H2,1H3,(H,19,20,22)/b3-2+. The van der Waals surface area contributed by atoms with Crippen molar-refractivity contribution in [3.63, 3.8) is 0 Å². The van der Waals surface area contributed by atoms with E-state index in [9.17, 15) is 18.0 Å². The third-order valence-corrected chi connectivity index (χ3v) is 4.12. The van der Waals surface area contributed by atoms with Gasteiger partial charge in [-0.15, -0.1) is 11.3 Å². The van der Waals surface area contributed by atoms with Crippen LogP contribution >= 0.6 is 11.3 Å². The van der Waals surface area contributed by atoms with Gasteiger partial charge in [0, 0.05) is 12.4 Å². The molecule has 0 aromatic carbocycles. The van der Waals surface area contributed by atoms with E-state index in [0.717, 1.165) is 10.1 Å². The van der Waals surface area contributed by atoms with Crippen molar-refractivity contribution < 1.29 is 13.2 Å². The van der Waals surface area contributed by atoms with Gasteiger partial charge >= 0.3 is 6.18 Å². The second-order valence-electron chi connectivity index (χ2n) is 4.91. The van der Waals surface area contributed by atoms with E-state index in [4.69, 9.17) is 0 Å². The molecule has 9 heteroatoms. The SMILES string of the molecule is Cc1csc2nc(/C=C/c3nccn3CC(F)(F)F)[nH]c(=O)c12. The minimum Gasteiger partial charge on any atom is -0.322 e. The Hall–Kier alpha value is -2.42. The number of fused-ring (bicyclic) bond motifs is 1. The minimum absolute atomic E-state index is 0.132. The lowest BCUT2D eigenvalue weighted by Crippen LogP contribution is -2.18. The fraction of sp³-hybridized carbons (Fsp3) is 0.214. The second kappa shape index (κ2) is 5.65. The summed E-state index contributed by atoms with van der Waals surface area (Å²) >= 11 is 1.34. The van der Waals surface area contributed by atoms with Gasteiger partial charge in [0.15, 0.2) is 0 Å². The number of nitrogens with zero attached hydrogens (tertiary/aromatic N) is 3. The highest BCUT2D eigenvalue weighted by Crippen LogP contribution is 2.21. The summed E-state index contributed by atoms with van der Waals surface area (Å²) in [6.45, 7) is 0.693. The van der Waals surface area contributed by atoms with Crippen molar-refractivity contribution in [3.8, 4) is 0 Å². The first-order valence-electron chi connectivity index (χ1n) is 6.57. The number of halogens is 3. The van der Waals surface area contributed by atoms with Crippen molar-refractivity contribution in [1.29, 1.82) is 0 Å². The van der Waals surface area contributed by atoms with Gasteiger partial charge in [0.1, 0.15) is 23.0 Å². The van der Waals surface area contributed by atoms with Crippen molar-refractivity contribution >= 4 is 33.7 Å². The molecule has 5 nitrogen and oxygen atoms in total. The number of hydrogen-bond donors (Lipinski definition) is 1. The molecule has 0 radical (unpaired) electrons. The minimum atomic E-state index is -4.33. The van der Waals surface area contributed by atoms with E-state index in [2.05, 4.69) is 15.0 Å². The molecule has 0 unspecified atom stereocenters. The Morgan fingerprint density at radius 2 is 2.17 bits per heavy atom. The van der Waals surface area contributed by atoms with Gasteiger partial charge in [-0.05, 0) is 30.0 Å². The quantitative estimate of drug-likeness (QED) is 0.796. The highest BCUT2D eigenvalue weighted by molar-refractivity contribution is 7.16. The first-order chi connectivity index (χ1) is 10.8. The normalized spacial score (nSPS) is 12.5. The molecule has 1 N–H and O–H groups in total. The van der Waals surface area contributed by atoms with Gasteiger partial charge in [0.2, 0.25) is 0 Å². The van der Waals surface area contributed by atoms with Crippen LogP contribution in [0.5, 0.6) is 0 Å². The molecule has 0 bridgehead atoms. The van der Waals surface area contributed by atoms with Crippen molar-refractivity contribution in [2.75, 3.05) is 0 Å². The second-order valence-corrected chi connectivity index (χ2v) is 5.77. The fourth-order valence-corrected chi connectivity index (χ4v) is 3.07. The topological polar surface area (TPSA) is 63.6 Å². The molecule has 0 saturated carbocycles. The third kappa shape index (κ3) is 3.34. The zero-order valence-corrected chi connectivity index (χ0v) is 12.7. The molecule has 120 valence electrons. The zero-order valence-electron chi connectivity index (χ0n) is 11.9. The Kier molecular flexibility index (Phi) is 3.80. The molecule has 3 rings (SSSR count). The predicted molar refractivity (Wildman–Crippen MR) is 82.2 cm³/mol. The molecule has 0 amide bonds. The smallest absolute Gasteiger partial charge is 0.322 e. The van der Waals surface area contributed by atoms with E-state index in [-0.39, 0.29) is 17.2 Å². The van der Waals surface area contributed by atoms with Gasteiger partial charge in [-0.3, -0.25) is 4.79 Å². The molecule has 0 spiro atoms. The number of rotatable bonds is 3. The Labute approximate surface area is 132 Å². The summed E-state index contributed by atoms with van der Waals surface area (Å²) in [6, 6.07) is 0. The highest BCUT2D eigenvalue weighted by atomic mass is 32.1. The number of thiophene rings is 1. The molecule has 0 aliphatic carbocycles. The summed E-state index contributed by atoms with van der Waals surface area (Å²) in [5, 5.41) is 2.36. The molecular weight excluding hydrogens is 329 g/mol. The van der Waals surface area contributed by atoms with E-state index >= 15 is 0 Å². The fourth-order valence-electron chi connectivity index (χ4n) is 2.14. The average molecular weight is 340 g/mol. The van der Waals surface area contributed by atoms with Gasteiger partial charge in [0.25, 0.3) is 5.56 Å². The maximum Gasteiger partial charge on any atom is 0.406 e. The maximum atomic E-state index is 12.5. The molecule has 0 atom stereocenters. The molecule has 3 aromatic rings. The summed E-state index contributed by atoms with van der Waals surface area (Å²) in [7, 11) is 0. The number of nitrogens with one attached hydrogen (secondary N) is 1. The lowest BCUT2D eigenvalue weighted by Gasteiger charge is -2.08. The van der Waals surface area contributed by atoms with Crippen LogP contribution in [0, 0.1) is 6.92 Å². The summed E-state index contributed by atoms with van der Waals surface area (Å²) in [6.07, 6.45) is 1.02. The number of H-pyrrole nitrogens is 1. The number of aromatic amines is 1. The predicted octanol–water partition coefficient (Wildman–Crippen LogP) is 3.22. The van der Waals surface area contributed by atoms with Gasteiger partial charge in [0.05, 0.1) is 5.39 Å². The van der Waals surface area contributed by atoms with Gasteiger partial charge in [-0.1, -0.05) is 0 Å². The van der Waals surface area contributed by atoms with E-state index in [0.29, 0.717) is 10.2 Å². The molecule has 0 aliphatic rings. The summed E-state index contributed by atoms with van der Waals surface area (Å²) in [4.78, 5) is 23.3. The van der Waals surface area contributed by atoms with Gasteiger partial charge in [-0.2, -0.15) is 13.2 Å². The number of imidazole rings is 1. The molecule has 23 heavy (non-hydrogen) atoms. The van der Waals surface area contributed by atoms with Gasteiger partial charge < -0.3 is 9.55 Å². The van der Waals surface area contributed by atoms with E-state index in [1.54, 1.807) is 0 Å². The highest BCUT2D eigenvalue weighted by Gasteiger charge is 2.28. The molecule has 0 saturated heterocycles. The first kappa shape index (κ1) is 15.5. The Morgan fingerprint density at radius 1 is 1.39 bits per heavy atom. The van der Waals surface area contributed by atoms with Crippen molar-refractivity contribution in [2.45, 2.75) is 19.6 Å². The van der Waals surface area contributed by atoms with Crippen molar-refractivity contribution in [1.82, 2.24) is 19.5 Å².